The topological polar surface area (TPSA) is 102 Å². The molecule has 1 fully saturated rings. The number of benzene rings is 2. The Morgan fingerprint density at radius 3 is 2.20 bits per heavy atom. The number of amides is 1. The van der Waals surface area contributed by atoms with Gasteiger partial charge in [0.2, 0.25) is 0 Å². The lowest BCUT2D eigenvalue weighted by Gasteiger charge is -2.29. The molecule has 30 heavy (non-hydrogen) atoms. The smallest absolute Gasteiger partial charge is 0.418 e. The van der Waals surface area contributed by atoms with Crippen LogP contribution in [0.3, 0.4) is 0 Å². The predicted molar refractivity (Wildman–Crippen MR) is 115 cm³/mol. The van der Waals surface area contributed by atoms with Crippen molar-refractivity contribution in [2.24, 2.45) is 11.8 Å². The van der Waals surface area contributed by atoms with Crippen LogP contribution in [0.25, 0.3) is 0 Å². The van der Waals surface area contributed by atoms with E-state index in [1.54, 1.807) is 12.1 Å². The van der Waals surface area contributed by atoms with Crippen LogP contribution in [-0.2, 0) is 14.3 Å². The zero-order valence-corrected chi connectivity index (χ0v) is 16.9. The standard InChI is InChI=1S/C23H28N2O5/c24-19-5-4-8-21(13-19)25(20-6-2-1-3-7-20)23(28)30-15-18-11-9-17(10-12-18)14-29-16-22(26)27/h1-8,13,17-18H,9-12,14-16,24H2,(H,26,27)/t17-,18-. The van der Waals surface area contributed by atoms with Crippen LogP contribution < -0.4 is 10.6 Å². The van der Waals surface area contributed by atoms with E-state index in [9.17, 15) is 9.59 Å². The van der Waals surface area contributed by atoms with Crippen molar-refractivity contribution in [1.82, 2.24) is 0 Å². The fourth-order valence-corrected chi connectivity index (χ4v) is 3.73. The van der Waals surface area contributed by atoms with Gasteiger partial charge in [0.15, 0.2) is 0 Å². The van der Waals surface area contributed by atoms with Crippen molar-refractivity contribution in [3.8, 4) is 0 Å². The molecule has 0 atom stereocenters. The molecule has 2 aromatic rings. The minimum atomic E-state index is -0.946. The van der Waals surface area contributed by atoms with Crippen LogP contribution in [0, 0.1) is 11.8 Å². The first-order chi connectivity index (χ1) is 14.5. The molecule has 0 radical (unpaired) electrons. The fraction of sp³-hybridized carbons (Fsp3) is 0.391. The zero-order chi connectivity index (χ0) is 21.3. The number of hydrogen-bond acceptors (Lipinski definition) is 5. The van der Waals surface area contributed by atoms with Gasteiger partial charge in [0.1, 0.15) is 6.61 Å². The molecule has 3 rings (SSSR count). The lowest BCUT2D eigenvalue weighted by Crippen LogP contribution is -2.30. The molecule has 7 heteroatoms. The van der Waals surface area contributed by atoms with Gasteiger partial charge in [0, 0.05) is 5.69 Å². The molecule has 3 N–H and O–H groups in total. The van der Waals surface area contributed by atoms with Gasteiger partial charge in [-0.2, -0.15) is 0 Å². The molecule has 0 heterocycles. The average Bonchev–Trinajstić information content (AvgIpc) is 2.74. The van der Waals surface area contributed by atoms with Gasteiger partial charge in [-0.25, -0.2) is 14.5 Å². The first-order valence-corrected chi connectivity index (χ1v) is 10.2. The Bertz CT molecular complexity index is 834. The predicted octanol–water partition coefficient (Wildman–Crippen LogP) is 4.45. The second-order valence-corrected chi connectivity index (χ2v) is 7.64. The van der Waals surface area contributed by atoms with Gasteiger partial charge >= 0.3 is 12.1 Å². The van der Waals surface area contributed by atoms with Crippen LogP contribution in [0.15, 0.2) is 54.6 Å². The van der Waals surface area contributed by atoms with E-state index in [0.717, 1.165) is 25.7 Å². The van der Waals surface area contributed by atoms with Crippen molar-refractivity contribution in [3.63, 3.8) is 0 Å². The fourth-order valence-electron chi connectivity index (χ4n) is 3.73. The van der Waals surface area contributed by atoms with E-state index in [4.69, 9.17) is 20.3 Å². The summed E-state index contributed by atoms with van der Waals surface area (Å²) in [5.41, 5.74) is 7.85. The number of nitrogen functional groups attached to an aromatic ring is 1. The van der Waals surface area contributed by atoms with Crippen molar-refractivity contribution >= 4 is 29.1 Å². The molecule has 1 aliphatic carbocycles. The summed E-state index contributed by atoms with van der Waals surface area (Å²) >= 11 is 0. The third kappa shape index (κ3) is 6.22. The number of ether oxygens (including phenoxy) is 2. The summed E-state index contributed by atoms with van der Waals surface area (Å²) < 4.78 is 10.9. The molecule has 1 saturated carbocycles. The van der Waals surface area contributed by atoms with E-state index >= 15 is 0 Å². The minimum absolute atomic E-state index is 0.253. The van der Waals surface area contributed by atoms with E-state index in [0.29, 0.717) is 42.1 Å². The molecule has 2 aromatic carbocycles. The number of nitrogens with two attached hydrogens (primary N) is 1. The van der Waals surface area contributed by atoms with Crippen LogP contribution in [0.2, 0.25) is 0 Å². The molecule has 1 aliphatic rings. The van der Waals surface area contributed by atoms with Crippen LogP contribution >= 0.6 is 0 Å². The first kappa shape index (κ1) is 21.6. The number of nitrogens with zero attached hydrogens (tertiary/aromatic N) is 1. The van der Waals surface area contributed by atoms with Gasteiger partial charge in [-0.3, -0.25) is 0 Å². The molecule has 7 nitrogen and oxygen atoms in total. The molecule has 0 unspecified atom stereocenters. The number of para-hydroxylation sites is 1. The van der Waals surface area contributed by atoms with Gasteiger partial charge in [-0.15, -0.1) is 0 Å². The van der Waals surface area contributed by atoms with Gasteiger partial charge in [0.25, 0.3) is 0 Å². The lowest BCUT2D eigenvalue weighted by molar-refractivity contribution is -0.142. The number of rotatable bonds is 8. The van der Waals surface area contributed by atoms with E-state index in [2.05, 4.69) is 0 Å². The van der Waals surface area contributed by atoms with Crippen LogP contribution in [0.5, 0.6) is 0 Å². The molecular weight excluding hydrogens is 384 g/mol. The number of carboxylic acids is 1. The Labute approximate surface area is 176 Å². The molecule has 160 valence electrons. The van der Waals surface area contributed by atoms with E-state index in [-0.39, 0.29) is 6.61 Å². The Morgan fingerprint density at radius 1 is 0.933 bits per heavy atom. The molecule has 0 aromatic heterocycles. The Hall–Kier alpha value is -3.06. The number of anilines is 3. The highest BCUT2D eigenvalue weighted by atomic mass is 16.6. The average molecular weight is 412 g/mol. The third-order valence-corrected chi connectivity index (χ3v) is 5.31. The lowest BCUT2D eigenvalue weighted by atomic mass is 9.83. The summed E-state index contributed by atoms with van der Waals surface area (Å²) in [5, 5.41) is 8.65. The van der Waals surface area contributed by atoms with E-state index in [1.807, 2.05) is 42.5 Å². The number of carbonyl (C=O) groups excluding carboxylic acids is 1. The van der Waals surface area contributed by atoms with Gasteiger partial charge in [-0.1, -0.05) is 24.3 Å². The summed E-state index contributed by atoms with van der Waals surface area (Å²) in [6.45, 7) is 0.570. The summed E-state index contributed by atoms with van der Waals surface area (Å²) in [6.07, 6.45) is 3.31. The van der Waals surface area contributed by atoms with Gasteiger partial charge in [0.05, 0.1) is 24.6 Å². The van der Waals surface area contributed by atoms with Crippen molar-refractivity contribution in [3.05, 3.63) is 54.6 Å². The van der Waals surface area contributed by atoms with E-state index < -0.39 is 12.1 Å². The Balaban J connectivity index is 1.55. The minimum Gasteiger partial charge on any atom is -0.480 e. The number of hydrogen-bond donors (Lipinski definition) is 2. The molecular formula is C23H28N2O5. The molecule has 0 saturated heterocycles. The normalized spacial score (nSPS) is 18.5. The molecule has 0 spiro atoms. The summed E-state index contributed by atoms with van der Waals surface area (Å²) in [5.74, 6) is -0.286. The largest absolute Gasteiger partial charge is 0.480 e. The molecule has 0 bridgehead atoms. The number of carbonyl (C=O) groups is 2. The highest BCUT2D eigenvalue weighted by Crippen LogP contribution is 2.31. The molecule has 0 aliphatic heterocycles. The summed E-state index contributed by atoms with van der Waals surface area (Å²) in [6, 6.07) is 16.5. The highest BCUT2D eigenvalue weighted by Gasteiger charge is 2.25. The summed E-state index contributed by atoms with van der Waals surface area (Å²) in [7, 11) is 0. The second kappa shape index (κ2) is 10.6. The van der Waals surface area contributed by atoms with Crippen molar-refractivity contribution in [2.45, 2.75) is 25.7 Å². The van der Waals surface area contributed by atoms with Crippen molar-refractivity contribution in [2.75, 3.05) is 30.5 Å². The Kier molecular flexibility index (Phi) is 7.68. The van der Waals surface area contributed by atoms with Gasteiger partial charge < -0.3 is 20.3 Å². The molecule has 1 amide bonds. The van der Waals surface area contributed by atoms with Crippen molar-refractivity contribution in [1.29, 1.82) is 0 Å². The van der Waals surface area contributed by atoms with Crippen molar-refractivity contribution < 1.29 is 24.2 Å². The van der Waals surface area contributed by atoms with Gasteiger partial charge in [-0.05, 0) is 67.9 Å². The van der Waals surface area contributed by atoms with Crippen LogP contribution in [-0.4, -0.2) is 37.0 Å². The maximum Gasteiger partial charge on any atom is 0.418 e. The Morgan fingerprint density at radius 2 is 1.57 bits per heavy atom. The second-order valence-electron chi connectivity index (χ2n) is 7.64. The maximum atomic E-state index is 13.0. The quantitative estimate of drug-likeness (QED) is 0.621. The maximum absolute atomic E-state index is 13.0. The SMILES string of the molecule is Nc1cccc(N(C(=O)OC[C@H]2CC[C@H](COCC(=O)O)CC2)c2ccccc2)c1. The third-order valence-electron chi connectivity index (χ3n) is 5.31. The van der Waals surface area contributed by atoms with E-state index in [1.165, 1.54) is 4.90 Å². The number of aliphatic carboxylic acids is 1. The highest BCUT2D eigenvalue weighted by molar-refractivity contribution is 5.96. The first-order valence-electron chi connectivity index (χ1n) is 10.2. The summed E-state index contributed by atoms with van der Waals surface area (Å²) in [4.78, 5) is 25.0. The van der Waals surface area contributed by atoms with Crippen LogP contribution in [0.1, 0.15) is 25.7 Å². The monoisotopic (exact) mass is 412 g/mol. The number of carboxylic acid groups (broad SMARTS) is 1. The zero-order valence-electron chi connectivity index (χ0n) is 16.9. The van der Waals surface area contributed by atoms with Crippen LogP contribution in [0.4, 0.5) is 21.9 Å².